The van der Waals surface area contributed by atoms with Crippen LogP contribution in [0, 0.1) is 0 Å². The Morgan fingerprint density at radius 3 is 2.93 bits per heavy atom. The fraction of sp³-hybridized carbons (Fsp3) is 0.273. The Hall–Kier alpha value is -1.68. The zero-order chi connectivity index (χ0) is 10.8. The topological polar surface area (TPSA) is 60.9 Å². The van der Waals surface area contributed by atoms with Gasteiger partial charge in [0.25, 0.3) is 0 Å². The van der Waals surface area contributed by atoms with Crippen LogP contribution in [-0.2, 0) is 6.54 Å². The zero-order valence-electron chi connectivity index (χ0n) is 8.55. The van der Waals surface area contributed by atoms with E-state index >= 15 is 0 Å². The monoisotopic (exact) mass is 203 g/mol. The maximum Gasteiger partial charge on any atom is 0.207 e. The third kappa shape index (κ3) is 1.89. The molecule has 0 aliphatic rings. The van der Waals surface area contributed by atoms with Crippen LogP contribution < -0.4 is 11.2 Å². The molecular weight excluding hydrogens is 190 g/mol. The van der Waals surface area contributed by atoms with Crippen molar-refractivity contribution in [3.05, 3.63) is 40.7 Å². The van der Waals surface area contributed by atoms with Gasteiger partial charge in [-0.2, -0.15) is 5.10 Å². The van der Waals surface area contributed by atoms with Crippen molar-refractivity contribution in [1.82, 2.24) is 9.78 Å². The summed E-state index contributed by atoms with van der Waals surface area (Å²) < 4.78 is 1.77. The van der Waals surface area contributed by atoms with E-state index in [-0.39, 0.29) is 11.5 Å². The Bertz CT molecular complexity index is 531. The second kappa shape index (κ2) is 3.82. The van der Waals surface area contributed by atoms with Crippen molar-refractivity contribution in [2.45, 2.75) is 19.5 Å². The van der Waals surface area contributed by atoms with Crippen molar-refractivity contribution < 1.29 is 0 Å². The van der Waals surface area contributed by atoms with Crippen LogP contribution in [0.5, 0.6) is 0 Å². The van der Waals surface area contributed by atoms with Crippen LogP contribution in [0.15, 0.2) is 35.3 Å². The Kier molecular flexibility index (Phi) is 2.51. The maximum atomic E-state index is 11.5. The van der Waals surface area contributed by atoms with E-state index in [0.29, 0.717) is 11.9 Å². The second-order valence-electron chi connectivity index (χ2n) is 3.69. The largest absolute Gasteiger partial charge is 0.326 e. The molecule has 0 radical (unpaired) electrons. The molecular formula is C11H13N3O. The van der Waals surface area contributed by atoms with Crippen LogP contribution in [0.2, 0.25) is 0 Å². The van der Waals surface area contributed by atoms with Gasteiger partial charge in [-0.05, 0) is 19.1 Å². The molecule has 0 bridgehead atoms. The molecule has 0 saturated heterocycles. The van der Waals surface area contributed by atoms with E-state index in [1.807, 2.05) is 25.1 Å². The number of rotatable bonds is 2. The number of nitrogens with zero attached hydrogens (tertiary/aromatic N) is 2. The highest BCUT2D eigenvalue weighted by Gasteiger charge is 2.04. The number of aromatic nitrogens is 2. The third-order valence-electron chi connectivity index (χ3n) is 2.22. The standard InChI is InChI=1S/C11H13N3O/c1-8(12)7-14-10-5-3-2-4-9(10)11(15)6-13-14/h2-6,8H,7,12H2,1H3/t8-/m1/s1. The summed E-state index contributed by atoms with van der Waals surface area (Å²) in [5.41, 5.74) is 6.50. The predicted molar refractivity (Wildman–Crippen MR) is 59.7 cm³/mol. The minimum atomic E-state index is -0.0495. The first-order chi connectivity index (χ1) is 7.18. The fourth-order valence-corrected chi connectivity index (χ4v) is 1.58. The molecule has 1 heterocycles. The van der Waals surface area contributed by atoms with E-state index < -0.39 is 0 Å². The number of hydrogen-bond acceptors (Lipinski definition) is 3. The lowest BCUT2D eigenvalue weighted by Crippen LogP contribution is -2.25. The van der Waals surface area contributed by atoms with E-state index in [1.165, 1.54) is 6.20 Å². The lowest BCUT2D eigenvalue weighted by molar-refractivity contribution is 0.546. The average molecular weight is 203 g/mol. The van der Waals surface area contributed by atoms with Crippen LogP contribution in [0.25, 0.3) is 10.9 Å². The summed E-state index contributed by atoms with van der Waals surface area (Å²) in [5.74, 6) is 0. The second-order valence-corrected chi connectivity index (χ2v) is 3.69. The Morgan fingerprint density at radius 2 is 2.20 bits per heavy atom. The molecule has 0 amide bonds. The molecule has 1 aromatic heterocycles. The van der Waals surface area contributed by atoms with Crippen molar-refractivity contribution in [3.8, 4) is 0 Å². The smallest absolute Gasteiger partial charge is 0.207 e. The van der Waals surface area contributed by atoms with E-state index in [2.05, 4.69) is 5.10 Å². The number of nitrogens with two attached hydrogens (primary N) is 1. The van der Waals surface area contributed by atoms with E-state index in [9.17, 15) is 4.79 Å². The molecule has 4 heteroatoms. The van der Waals surface area contributed by atoms with Crippen LogP contribution in [0.4, 0.5) is 0 Å². The molecule has 2 rings (SSSR count). The molecule has 0 unspecified atom stereocenters. The van der Waals surface area contributed by atoms with Crippen molar-refractivity contribution in [2.24, 2.45) is 5.73 Å². The average Bonchev–Trinajstić information content (AvgIpc) is 2.22. The summed E-state index contributed by atoms with van der Waals surface area (Å²) in [6, 6.07) is 7.44. The lowest BCUT2D eigenvalue weighted by Gasteiger charge is -2.10. The highest BCUT2D eigenvalue weighted by molar-refractivity contribution is 5.77. The summed E-state index contributed by atoms with van der Waals surface area (Å²) in [7, 11) is 0. The quantitative estimate of drug-likeness (QED) is 0.783. The normalized spacial score (nSPS) is 12.9. The molecule has 78 valence electrons. The molecule has 0 spiro atoms. The summed E-state index contributed by atoms with van der Waals surface area (Å²) in [6.07, 6.45) is 1.34. The van der Waals surface area contributed by atoms with Crippen molar-refractivity contribution >= 4 is 10.9 Å². The number of fused-ring (bicyclic) bond motifs is 1. The molecule has 15 heavy (non-hydrogen) atoms. The SMILES string of the molecule is C[C@@H](N)Cn1ncc(=O)c2ccccc21. The summed E-state index contributed by atoms with van der Waals surface area (Å²) in [5, 5.41) is 4.76. The van der Waals surface area contributed by atoms with Crippen molar-refractivity contribution in [2.75, 3.05) is 0 Å². The van der Waals surface area contributed by atoms with Gasteiger partial charge in [-0.3, -0.25) is 9.48 Å². The highest BCUT2D eigenvalue weighted by Crippen LogP contribution is 2.07. The van der Waals surface area contributed by atoms with E-state index in [0.717, 1.165) is 5.52 Å². The molecule has 0 aliphatic heterocycles. The van der Waals surface area contributed by atoms with Gasteiger partial charge in [0.2, 0.25) is 5.43 Å². The molecule has 0 saturated carbocycles. The molecule has 0 fully saturated rings. The van der Waals surface area contributed by atoms with Gasteiger partial charge in [-0.1, -0.05) is 12.1 Å². The number of para-hydroxylation sites is 1. The van der Waals surface area contributed by atoms with Gasteiger partial charge in [-0.25, -0.2) is 0 Å². The van der Waals surface area contributed by atoms with Gasteiger partial charge in [0.05, 0.1) is 18.3 Å². The zero-order valence-corrected chi connectivity index (χ0v) is 8.55. The first kappa shape index (κ1) is 9.86. The summed E-state index contributed by atoms with van der Waals surface area (Å²) in [4.78, 5) is 11.5. The molecule has 1 aromatic carbocycles. The fourth-order valence-electron chi connectivity index (χ4n) is 1.58. The van der Waals surface area contributed by atoms with Crippen LogP contribution in [-0.4, -0.2) is 15.8 Å². The summed E-state index contributed by atoms with van der Waals surface area (Å²) in [6.45, 7) is 2.52. The van der Waals surface area contributed by atoms with Crippen molar-refractivity contribution in [1.29, 1.82) is 0 Å². The van der Waals surface area contributed by atoms with Gasteiger partial charge in [0.1, 0.15) is 0 Å². The lowest BCUT2D eigenvalue weighted by atomic mass is 10.2. The minimum Gasteiger partial charge on any atom is -0.326 e. The highest BCUT2D eigenvalue weighted by atomic mass is 16.1. The van der Waals surface area contributed by atoms with E-state index in [1.54, 1.807) is 10.7 Å². The van der Waals surface area contributed by atoms with Crippen LogP contribution >= 0.6 is 0 Å². The summed E-state index contributed by atoms with van der Waals surface area (Å²) >= 11 is 0. The van der Waals surface area contributed by atoms with Crippen LogP contribution in [0.1, 0.15) is 6.92 Å². The third-order valence-corrected chi connectivity index (χ3v) is 2.22. The first-order valence-corrected chi connectivity index (χ1v) is 4.89. The minimum absolute atomic E-state index is 0.0170. The predicted octanol–water partition coefficient (Wildman–Crippen LogP) is 0.744. The first-order valence-electron chi connectivity index (χ1n) is 4.89. The molecule has 1 atom stereocenters. The van der Waals surface area contributed by atoms with Gasteiger partial charge in [0, 0.05) is 11.4 Å². The molecule has 0 aliphatic carbocycles. The van der Waals surface area contributed by atoms with E-state index in [4.69, 9.17) is 5.73 Å². The molecule has 4 nitrogen and oxygen atoms in total. The number of hydrogen-bond donors (Lipinski definition) is 1. The number of benzene rings is 1. The molecule has 2 aromatic rings. The van der Waals surface area contributed by atoms with Gasteiger partial charge < -0.3 is 5.73 Å². The van der Waals surface area contributed by atoms with Gasteiger partial charge in [0.15, 0.2) is 0 Å². The molecule has 2 N–H and O–H groups in total. The Labute approximate surface area is 87.3 Å². The van der Waals surface area contributed by atoms with Gasteiger partial charge >= 0.3 is 0 Å². The Balaban J connectivity index is 2.66. The van der Waals surface area contributed by atoms with Crippen molar-refractivity contribution in [3.63, 3.8) is 0 Å². The maximum absolute atomic E-state index is 11.5. The Morgan fingerprint density at radius 1 is 1.47 bits per heavy atom. The van der Waals surface area contributed by atoms with Crippen LogP contribution in [0.3, 0.4) is 0 Å². The van der Waals surface area contributed by atoms with Gasteiger partial charge in [-0.15, -0.1) is 0 Å².